The van der Waals surface area contributed by atoms with Gasteiger partial charge in [0.15, 0.2) is 0 Å². The molecule has 0 saturated heterocycles. The number of nitriles is 1. The van der Waals surface area contributed by atoms with E-state index in [4.69, 9.17) is 5.26 Å². The van der Waals surface area contributed by atoms with E-state index >= 15 is 0 Å². The normalized spacial score (nSPS) is 17.1. The predicted octanol–water partition coefficient (Wildman–Crippen LogP) is 1.22. The van der Waals surface area contributed by atoms with Gasteiger partial charge in [0, 0.05) is 6.42 Å². The Labute approximate surface area is 79.3 Å². The van der Waals surface area contributed by atoms with Crippen LogP contribution >= 0.6 is 0 Å². The number of aliphatic hydroxyl groups is 2. The molecule has 0 spiro atoms. The average molecular weight is 183 g/mol. The van der Waals surface area contributed by atoms with E-state index in [0.717, 1.165) is 0 Å². The molecule has 0 aliphatic carbocycles. The summed E-state index contributed by atoms with van der Waals surface area (Å²) >= 11 is 0. The fourth-order valence-electron chi connectivity index (χ4n) is 1.13. The summed E-state index contributed by atoms with van der Waals surface area (Å²) in [5.74, 6) is 0.00125. The first-order valence-corrected chi connectivity index (χ1v) is 4.47. The summed E-state index contributed by atoms with van der Waals surface area (Å²) in [5, 5.41) is 27.0. The van der Waals surface area contributed by atoms with Crippen LogP contribution in [0.5, 0.6) is 0 Å². The lowest BCUT2D eigenvalue weighted by Crippen LogP contribution is -2.21. The zero-order valence-corrected chi connectivity index (χ0v) is 7.98. The van der Waals surface area contributed by atoms with E-state index in [0.29, 0.717) is 19.3 Å². The van der Waals surface area contributed by atoms with Crippen LogP contribution in [0.15, 0.2) is 12.7 Å². The van der Waals surface area contributed by atoms with E-state index in [1.54, 1.807) is 0 Å². The maximum Gasteiger partial charge on any atom is 0.0721 e. The maximum absolute atomic E-state index is 9.50. The van der Waals surface area contributed by atoms with E-state index in [9.17, 15) is 10.2 Å². The minimum atomic E-state index is -0.563. The predicted molar refractivity (Wildman–Crippen MR) is 50.8 cm³/mol. The second-order valence-electron chi connectivity index (χ2n) is 3.28. The molecule has 0 aliphatic heterocycles. The van der Waals surface area contributed by atoms with Crippen molar-refractivity contribution in [1.29, 1.82) is 5.26 Å². The standard InChI is InChI=1S/C10H17NO2/c1-3-9(12)7-8(2)10(13)5-4-6-11/h3,8-10,12-13H,1,4-5,7H2,2H3. The van der Waals surface area contributed by atoms with Crippen molar-refractivity contribution in [2.45, 2.75) is 38.4 Å². The molecule has 74 valence electrons. The summed E-state index contributed by atoms with van der Waals surface area (Å²) < 4.78 is 0. The Morgan fingerprint density at radius 1 is 1.54 bits per heavy atom. The van der Waals surface area contributed by atoms with E-state index in [1.807, 2.05) is 13.0 Å². The minimum Gasteiger partial charge on any atom is -0.393 e. The van der Waals surface area contributed by atoms with Crippen LogP contribution in [0, 0.1) is 17.2 Å². The molecule has 3 heteroatoms. The van der Waals surface area contributed by atoms with Gasteiger partial charge in [-0.25, -0.2) is 0 Å². The van der Waals surface area contributed by atoms with Gasteiger partial charge in [-0.3, -0.25) is 0 Å². The summed E-state index contributed by atoms with van der Waals surface area (Å²) in [4.78, 5) is 0. The van der Waals surface area contributed by atoms with Crippen LogP contribution in [-0.2, 0) is 0 Å². The molecule has 13 heavy (non-hydrogen) atoms. The van der Waals surface area contributed by atoms with Gasteiger partial charge in [-0.2, -0.15) is 5.26 Å². The highest BCUT2D eigenvalue weighted by atomic mass is 16.3. The Bertz CT molecular complexity index is 186. The van der Waals surface area contributed by atoms with Gasteiger partial charge < -0.3 is 10.2 Å². The highest BCUT2D eigenvalue weighted by Crippen LogP contribution is 2.15. The highest BCUT2D eigenvalue weighted by Gasteiger charge is 2.16. The van der Waals surface area contributed by atoms with Crippen molar-refractivity contribution in [2.75, 3.05) is 0 Å². The van der Waals surface area contributed by atoms with Gasteiger partial charge in [0.25, 0.3) is 0 Å². The average Bonchev–Trinajstić information content (AvgIpc) is 2.13. The fourth-order valence-corrected chi connectivity index (χ4v) is 1.13. The molecule has 3 unspecified atom stereocenters. The lowest BCUT2D eigenvalue weighted by atomic mass is 9.94. The van der Waals surface area contributed by atoms with Gasteiger partial charge in [-0.05, 0) is 18.8 Å². The lowest BCUT2D eigenvalue weighted by Gasteiger charge is -2.19. The Hall–Kier alpha value is -0.850. The van der Waals surface area contributed by atoms with Crippen molar-refractivity contribution in [2.24, 2.45) is 5.92 Å². The molecule has 0 fully saturated rings. The van der Waals surface area contributed by atoms with Crippen LogP contribution in [0.4, 0.5) is 0 Å². The third kappa shape index (κ3) is 5.40. The number of hydrogen-bond donors (Lipinski definition) is 2. The highest BCUT2D eigenvalue weighted by molar-refractivity contribution is 4.82. The molecule has 0 bridgehead atoms. The van der Waals surface area contributed by atoms with Crippen LogP contribution < -0.4 is 0 Å². The third-order valence-corrected chi connectivity index (χ3v) is 2.09. The van der Waals surface area contributed by atoms with Gasteiger partial charge in [0.05, 0.1) is 18.3 Å². The number of nitrogens with zero attached hydrogens (tertiary/aromatic N) is 1. The topological polar surface area (TPSA) is 64.2 Å². The first-order valence-electron chi connectivity index (χ1n) is 4.47. The van der Waals surface area contributed by atoms with E-state index in [-0.39, 0.29) is 5.92 Å². The quantitative estimate of drug-likeness (QED) is 0.609. The monoisotopic (exact) mass is 183 g/mol. The van der Waals surface area contributed by atoms with Crippen LogP contribution in [0.1, 0.15) is 26.2 Å². The van der Waals surface area contributed by atoms with Gasteiger partial charge in [0.2, 0.25) is 0 Å². The largest absolute Gasteiger partial charge is 0.393 e. The van der Waals surface area contributed by atoms with Crippen LogP contribution in [0.25, 0.3) is 0 Å². The first kappa shape index (κ1) is 12.2. The number of rotatable bonds is 6. The molecule has 0 aromatic carbocycles. The van der Waals surface area contributed by atoms with Crippen molar-refractivity contribution in [3.05, 3.63) is 12.7 Å². The molecule has 0 aliphatic rings. The molecule has 0 radical (unpaired) electrons. The van der Waals surface area contributed by atoms with Gasteiger partial charge in [-0.1, -0.05) is 13.0 Å². The van der Waals surface area contributed by atoms with Crippen molar-refractivity contribution in [1.82, 2.24) is 0 Å². The van der Waals surface area contributed by atoms with Crippen molar-refractivity contribution < 1.29 is 10.2 Å². The summed E-state index contributed by atoms with van der Waals surface area (Å²) in [6, 6.07) is 1.98. The second-order valence-corrected chi connectivity index (χ2v) is 3.28. The molecule has 0 aromatic heterocycles. The smallest absolute Gasteiger partial charge is 0.0721 e. The van der Waals surface area contributed by atoms with Gasteiger partial charge in [0.1, 0.15) is 0 Å². The maximum atomic E-state index is 9.50. The van der Waals surface area contributed by atoms with Crippen LogP contribution in [0.2, 0.25) is 0 Å². The van der Waals surface area contributed by atoms with E-state index in [1.165, 1.54) is 6.08 Å². The Morgan fingerprint density at radius 3 is 2.62 bits per heavy atom. The second kappa shape index (κ2) is 6.64. The molecule has 3 nitrogen and oxygen atoms in total. The molecule has 0 amide bonds. The molecular weight excluding hydrogens is 166 g/mol. The SMILES string of the molecule is C=CC(O)CC(C)C(O)CCC#N. The minimum absolute atomic E-state index is 0.00125. The molecule has 0 heterocycles. The van der Waals surface area contributed by atoms with Gasteiger partial charge in [-0.15, -0.1) is 6.58 Å². The molecule has 2 N–H and O–H groups in total. The molecular formula is C10H17NO2. The molecule has 0 rings (SSSR count). The Morgan fingerprint density at radius 2 is 2.15 bits per heavy atom. The van der Waals surface area contributed by atoms with Crippen molar-refractivity contribution in [3.63, 3.8) is 0 Å². The number of hydrogen-bond acceptors (Lipinski definition) is 3. The fraction of sp³-hybridized carbons (Fsp3) is 0.700. The summed E-state index contributed by atoms with van der Waals surface area (Å²) in [6.07, 6.45) is 1.71. The summed E-state index contributed by atoms with van der Waals surface area (Å²) in [5.41, 5.74) is 0. The van der Waals surface area contributed by atoms with Crippen molar-refractivity contribution in [3.8, 4) is 6.07 Å². The lowest BCUT2D eigenvalue weighted by molar-refractivity contribution is 0.0784. The molecule has 0 aromatic rings. The van der Waals surface area contributed by atoms with Gasteiger partial charge >= 0.3 is 0 Å². The van der Waals surface area contributed by atoms with Crippen molar-refractivity contribution >= 4 is 0 Å². The summed E-state index contributed by atoms with van der Waals surface area (Å²) in [6.45, 7) is 5.31. The zero-order chi connectivity index (χ0) is 10.3. The molecule has 0 saturated carbocycles. The Kier molecular flexibility index (Phi) is 6.21. The number of aliphatic hydroxyl groups excluding tert-OH is 2. The van der Waals surface area contributed by atoms with E-state index in [2.05, 4.69) is 6.58 Å². The zero-order valence-electron chi connectivity index (χ0n) is 7.98. The van der Waals surface area contributed by atoms with Crippen LogP contribution in [0.3, 0.4) is 0 Å². The van der Waals surface area contributed by atoms with Crippen LogP contribution in [-0.4, -0.2) is 22.4 Å². The van der Waals surface area contributed by atoms with E-state index < -0.39 is 12.2 Å². The Balaban J connectivity index is 3.75. The summed E-state index contributed by atoms with van der Waals surface area (Å²) in [7, 11) is 0. The first-order chi connectivity index (χ1) is 6.11. The molecule has 3 atom stereocenters. The third-order valence-electron chi connectivity index (χ3n) is 2.09.